The Balaban J connectivity index is -0.0000000536. The SMILES string of the molecule is O=C([O-])C(=O)[O-].O=C([O-])C(=O)[O-].O=C([O-])C(=O)[O-].[Re].[Re]. The van der Waals surface area contributed by atoms with Crippen LogP contribution in [-0.2, 0) is 69.6 Å². The molecule has 0 spiro atoms. The fourth-order valence-corrected chi connectivity index (χ4v) is 0. The first kappa shape index (κ1) is 30.9. The maximum atomic E-state index is 8.93. The zero-order valence-corrected chi connectivity index (χ0v) is 14.1. The first-order chi connectivity index (χ1) is 7.93. The molecule has 14 heteroatoms. The molecule has 0 amide bonds. The number of aliphatic carboxylic acids is 6. The molecule has 0 saturated carbocycles. The molecule has 0 unspecified atom stereocenters. The van der Waals surface area contributed by atoms with E-state index in [2.05, 4.69) is 0 Å². The molecule has 0 heterocycles. The van der Waals surface area contributed by atoms with Crippen LogP contribution in [0.4, 0.5) is 0 Å². The predicted octanol–water partition coefficient (Wildman–Crippen LogP) is -10.5. The topological polar surface area (TPSA) is 241 Å². The van der Waals surface area contributed by atoms with E-state index in [-0.39, 0.29) is 40.8 Å². The molecule has 2 radical (unpaired) electrons. The molecule has 0 aromatic heterocycles. The molecule has 0 aliphatic carbocycles. The molecule has 0 aromatic carbocycles. The van der Waals surface area contributed by atoms with Crippen LogP contribution in [0.25, 0.3) is 0 Å². The summed E-state index contributed by atoms with van der Waals surface area (Å²) in [7, 11) is 0. The summed E-state index contributed by atoms with van der Waals surface area (Å²) in [5.74, 6) is -13.1. The standard InChI is InChI=1S/3C2H2O4.2Re/c3*3-1(4)2(5)6;;/h3*(H,3,4)(H,5,6);;/p-6. The third-order valence-electron chi connectivity index (χ3n) is 0.500. The summed E-state index contributed by atoms with van der Waals surface area (Å²) in [6, 6.07) is 0. The van der Waals surface area contributed by atoms with Gasteiger partial charge in [0.2, 0.25) is 0 Å². The molecule has 0 saturated heterocycles. The average Bonchev–Trinajstić information content (AvgIpc) is 2.18. The number of hydrogen-bond acceptors (Lipinski definition) is 12. The van der Waals surface area contributed by atoms with Crippen molar-refractivity contribution in [2.75, 3.05) is 0 Å². The maximum Gasteiger partial charge on any atom is 0.0870 e. The summed E-state index contributed by atoms with van der Waals surface area (Å²) in [6.45, 7) is 0. The quantitative estimate of drug-likeness (QED) is 0.225. The Labute approximate surface area is 136 Å². The minimum atomic E-state index is -2.19. The molecule has 0 bridgehead atoms. The van der Waals surface area contributed by atoms with E-state index in [9.17, 15) is 0 Å². The second-order valence-electron chi connectivity index (χ2n) is 1.72. The van der Waals surface area contributed by atoms with Crippen molar-refractivity contribution < 1.29 is 100 Å². The second kappa shape index (κ2) is 17.1. The molecule has 20 heavy (non-hydrogen) atoms. The summed E-state index contributed by atoms with van der Waals surface area (Å²) in [5, 5.41) is 53.6. The summed E-state index contributed by atoms with van der Waals surface area (Å²) < 4.78 is 0. The Morgan fingerprint density at radius 2 is 0.400 bits per heavy atom. The van der Waals surface area contributed by atoms with Crippen LogP contribution in [0, 0.1) is 0 Å². The molecule has 116 valence electrons. The van der Waals surface area contributed by atoms with Crippen molar-refractivity contribution in [3.05, 3.63) is 0 Å². The van der Waals surface area contributed by atoms with Crippen LogP contribution in [0.15, 0.2) is 0 Å². The second-order valence-corrected chi connectivity index (χ2v) is 1.72. The number of hydrogen-bond donors (Lipinski definition) is 0. The molecular weight excluding hydrogens is 636 g/mol. The molecule has 12 nitrogen and oxygen atoms in total. The Bertz CT molecular complexity index is 281. The van der Waals surface area contributed by atoms with Gasteiger partial charge in [0.1, 0.15) is 0 Å². The van der Waals surface area contributed by atoms with Gasteiger partial charge in [-0.2, -0.15) is 0 Å². The normalized spacial score (nSPS) is 6.60. The van der Waals surface area contributed by atoms with Crippen LogP contribution in [0.1, 0.15) is 0 Å². The Morgan fingerprint density at radius 1 is 0.350 bits per heavy atom. The predicted molar refractivity (Wildman–Crippen MR) is 30.0 cm³/mol. The maximum absolute atomic E-state index is 8.93. The smallest absolute Gasteiger partial charge is 0.0870 e. The van der Waals surface area contributed by atoms with E-state index >= 15 is 0 Å². The van der Waals surface area contributed by atoms with Gasteiger partial charge in [0.25, 0.3) is 0 Å². The van der Waals surface area contributed by atoms with Gasteiger partial charge in [0.05, 0.1) is 35.8 Å². The van der Waals surface area contributed by atoms with Crippen LogP contribution >= 0.6 is 0 Å². The van der Waals surface area contributed by atoms with E-state index in [0.717, 1.165) is 0 Å². The fourth-order valence-electron chi connectivity index (χ4n) is 0. The third-order valence-corrected chi connectivity index (χ3v) is 0.500. The Kier molecular flexibility index (Phi) is 26.5. The van der Waals surface area contributed by atoms with Gasteiger partial charge in [-0.15, -0.1) is 0 Å². The molecule has 0 aliphatic heterocycles. The fraction of sp³-hybridized carbons (Fsp3) is 0. The summed E-state index contributed by atoms with van der Waals surface area (Å²) in [5.41, 5.74) is 0. The zero-order chi connectivity index (χ0) is 15.5. The van der Waals surface area contributed by atoms with Crippen molar-refractivity contribution in [1.82, 2.24) is 0 Å². The van der Waals surface area contributed by atoms with Crippen LogP contribution in [0.3, 0.4) is 0 Å². The van der Waals surface area contributed by atoms with Gasteiger partial charge in [-0.25, -0.2) is 0 Å². The van der Waals surface area contributed by atoms with Crippen molar-refractivity contribution in [1.29, 1.82) is 0 Å². The number of carboxylic acids is 6. The van der Waals surface area contributed by atoms with E-state index in [1.165, 1.54) is 0 Å². The average molecular weight is 636 g/mol. The van der Waals surface area contributed by atoms with Gasteiger partial charge in [-0.3, -0.25) is 0 Å². The monoisotopic (exact) mass is 638 g/mol. The van der Waals surface area contributed by atoms with Gasteiger partial charge in [-0.05, 0) is 0 Å². The van der Waals surface area contributed by atoms with Gasteiger partial charge < -0.3 is 59.4 Å². The zero-order valence-electron chi connectivity index (χ0n) is 8.65. The number of rotatable bonds is 0. The number of carbonyl (C=O) groups is 6. The number of carboxylic acid groups (broad SMARTS) is 6. The Morgan fingerprint density at radius 3 is 0.400 bits per heavy atom. The molecule has 0 rings (SSSR count). The number of carbonyl (C=O) groups excluding carboxylic acids is 6. The Hall–Kier alpha value is -1.86. The summed E-state index contributed by atoms with van der Waals surface area (Å²) >= 11 is 0. The molecular formula is C6O12Re2-6. The van der Waals surface area contributed by atoms with Crippen LogP contribution in [0.5, 0.6) is 0 Å². The van der Waals surface area contributed by atoms with Crippen molar-refractivity contribution in [2.24, 2.45) is 0 Å². The van der Waals surface area contributed by atoms with Gasteiger partial charge >= 0.3 is 0 Å². The largest absolute Gasteiger partial charge is 0.543 e. The van der Waals surface area contributed by atoms with Gasteiger partial charge in [-0.1, -0.05) is 0 Å². The van der Waals surface area contributed by atoms with Crippen molar-refractivity contribution in [2.45, 2.75) is 0 Å². The minimum Gasteiger partial charge on any atom is -0.543 e. The van der Waals surface area contributed by atoms with Gasteiger partial charge in [0, 0.05) is 40.8 Å². The van der Waals surface area contributed by atoms with Crippen molar-refractivity contribution in [3.63, 3.8) is 0 Å². The van der Waals surface area contributed by atoms with Crippen LogP contribution in [0.2, 0.25) is 0 Å². The first-order valence-electron chi connectivity index (χ1n) is 3.20. The molecule has 0 N–H and O–H groups in total. The van der Waals surface area contributed by atoms with Crippen LogP contribution < -0.4 is 30.6 Å². The van der Waals surface area contributed by atoms with E-state index in [4.69, 9.17) is 59.4 Å². The molecule has 0 aromatic rings. The van der Waals surface area contributed by atoms with Crippen molar-refractivity contribution >= 4 is 35.8 Å². The van der Waals surface area contributed by atoms with Gasteiger partial charge in [0.15, 0.2) is 0 Å². The summed E-state index contributed by atoms with van der Waals surface area (Å²) in [4.78, 5) is 53.6. The first-order valence-corrected chi connectivity index (χ1v) is 3.20. The van der Waals surface area contributed by atoms with E-state index in [1.54, 1.807) is 0 Å². The van der Waals surface area contributed by atoms with Crippen LogP contribution in [-0.4, -0.2) is 35.8 Å². The molecule has 0 aliphatic rings. The summed E-state index contributed by atoms with van der Waals surface area (Å²) in [6.07, 6.45) is 0. The van der Waals surface area contributed by atoms with E-state index in [1.807, 2.05) is 0 Å². The minimum absolute atomic E-state index is 0. The van der Waals surface area contributed by atoms with Crippen molar-refractivity contribution in [3.8, 4) is 0 Å². The molecule has 0 atom stereocenters. The third kappa shape index (κ3) is 36.0. The van der Waals surface area contributed by atoms with E-state index in [0.29, 0.717) is 0 Å². The van der Waals surface area contributed by atoms with E-state index < -0.39 is 35.8 Å². The molecule has 0 fully saturated rings.